The normalized spacial score (nSPS) is 29.9. The fraction of sp³-hybridized carbons (Fsp3) is 0.625. The molecular formula is C16H24N4O. The molecule has 4 N–H and O–H groups in total. The number of rotatable bonds is 3. The van der Waals surface area contributed by atoms with Crippen LogP contribution in [0.5, 0.6) is 0 Å². The first kappa shape index (κ1) is 14.5. The number of likely N-dealkylation sites (tertiary alicyclic amines) is 1. The van der Waals surface area contributed by atoms with E-state index in [9.17, 15) is 5.11 Å². The number of nitrogen functional groups attached to an aromatic ring is 1. The number of hydrogen-bond donors (Lipinski definition) is 3. The third kappa shape index (κ3) is 3.09. The SMILES string of the molecule is N=C(N)c1cc(CN2CCC3(O)CCCCC3C2)ccn1. The molecule has 2 heterocycles. The highest BCUT2D eigenvalue weighted by molar-refractivity contribution is 5.93. The number of piperidine rings is 1. The van der Waals surface area contributed by atoms with Crippen molar-refractivity contribution >= 4 is 5.84 Å². The predicted octanol–water partition coefficient (Wildman–Crippen LogP) is 1.49. The van der Waals surface area contributed by atoms with Crippen LogP contribution in [0.25, 0.3) is 0 Å². The van der Waals surface area contributed by atoms with E-state index < -0.39 is 5.60 Å². The van der Waals surface area contributed by atoms with Crippen LogP contribution in [0.1, 0.15) is 43.4 Å². The smallest absolute Gasteiger partial charge is 0.141 e. The highest BCUT2D eigenvalue weighted by Crippen LogP contribution is 2.39. The van der Waals surface area contributed by atoms with Gasteiger partial charge in [0.1, 0.15) is 11.5 Å². The van der Waals surface area contributed by atoms with Crippen molar-refractivity contribution < 1.29 is 5.11 Å². The van der Waals surface area contributed by atoms with Crippen molar-refractivity contribution in [3.05, 3.63) is 29.6 Å². The van der Waals surface area contributed by atoms with Crippen LogP contribution >= 0.6 is 0 Å². The second-order valence-corrected chi connectivity index (χ2v) is 6.49. The lowest BCUT2D eigenvalue weighted by molar-refractivity contribution is -0.0967. The summed E-state index contributed by atoms with van der Waals surface area (Å²) in [5.41, 5.74) is 6.75. The Bertz CT molecular complexity index is 533. The lowest BCUT2D eigenvalue weighted by Gasteiger charge is -2.47. The summed E-state index contributed by atoms with van der Waals surface area (Å²) in [5.74, 6) is 0.422. The quantitative estimate of drug-likeness (QED) is 0.581. The number of pyridine rings is 1. The average molecular weight is 288 g/mol. The van der Waals surface area contributed by atoms with Gasteiger partial charge in [-0.05, 0) is 37.0 Å². The van der Waals surface area contributed by atoms with Gasteiger partial charge in [0.25, 0.3) is 0 Å². The number of amidine groups is 1. The van der Waals surface area contributed by atoms with Crippen molar-refractivity contribution in [1.82, 2.24) is 9.88 Å². The monoisotopic (exact) mass is 288 g/mol. The van der Waals surface area contributed by atoms with E-state index in [-0.39, 0.29) is 5.84 Å². The molecule has 5 heteroatoms. The van der Waals surface area contributed by atoms with Crippen molar-refractivity contribution in [1.29, 1.82) is 5.41 Å². The van der Waals surface area contributed by atoms with Crippen LogP contribution in [0.4, 0.5) is 0 Å². The Kier molecular flexibility index (Phi) is 3.95. The summed E-state index contributed by atoms with van der Waals surface area (Å²) in [6, 6.07) is 3.87. The first-order valence-electron chi connectivity index (χ1n) is 7.81. The van der Waals surface area contributed by atoms with Crippen LogP contribution in [-0.2, 0) is 6.54 Å². The third-order valence-electron chi connectivity index (χ3n) is 5.02. The molecule has 0 aromatic carbocycles. The Balaban J connectivity index is 1.66. The highest BCUT2D eigenvalue weighted by Gasteiger charge is 2.42. The van der Waals surface area contributed by atoms with Crippen molar-refractivity contribution in [2.45, 2.75) is 44.2 Å². The van der Waals surface area contributed by atoms with Crippen molar-refractivity contribution in [3.63, 3.8) is 0 Å². The molecule has 1 saturated heterocycles. The summed E-state index contributed by atoms with van der Waals surface area (Å²) in [5, 5.41) is 18.2. The summed E-state index contributed by atoms with van der Waals surface area (Å²) in [6.45, 7) is 2.74. The molecule has 0 radical (unpaired) electrons. The van der Waals surface area contributed by atoms with Gasteiger partial charge >= 0.3 is 0 Å². The molecule has 5 nitrogen and oxygen atoms in total. The molecule has 2 unspecified atom stereocenters. The summed E-state index contributed by atoms with van der Waals surface area (Å²) in [6.07, 6.45) is 7.11. The van der Waals surface area contributed by atoms with Crippen LogP contribution in [0.2, 0.25) is 0 Å². The number of aromatic nitrogens is 1. The molecule has 114 valence electrons. The summed E-state index contributed by atoms with van der Waals surface area (Å²) < 4.78 is 0. The van der Waals surface area contributed by atoms with Gasteiger partial charge in [0, 0.05) is 31.7 Å². The number of nitrogens with two attached hydrogens (primary N) is 1. The minimum absolute atomic E-state index is 0.0112. The van der Waals surface area contributed by atoms with Crippen LogP contribution < -0.4 is 5.73 Å². The molecule has 1 aromatic rings. The van der Waals surface area contributed by atoms with Crippen LogP contribution in [0.15, 0.2) is 18.3 Å². The van der Waals surface area contributed by atoms with E-state index >= 15 is 0 Å². The third-order valence-corrected chi connectivity index (χ3v) is 5.02. The predicted molar refractivity (Wildman–Crippen MR) is 82.1 cm³/mol. The lowest BCUT2D eigenvalue weighted by Crippen LogP contribution is -2.52. The molecular weight excluding hydrogens is 264 g/mol. The molecule has 21 heavy (non-hydrogen) atoms. The molecule has 2 atom stereocenters. The Morgan fingerprint density at radius 3 is 3.14 bits per heavy atom. The van der Waals surface area contributed by atoms with Gasteiger partial charge in [-0.3, -0.25) is 15.3 Å². The summed E-state index contributed by atoms with van der Waals surface area (Å²) >= 11 is 0. The second kappa shape index (κ2) is 5.73. The molecule has 1 aliphatic carbocycles. The molecule has 2 fully saturated rings. The fourth-order valence-electron chi connectivity index (χ4n) is 3.76. The molecule has 1 saturated carbocycles. The molecule has 2 aliphatic rings. The summed E-state index contributed by atoms with van der Waals surface area (Å²) in [4.78, 5) is 6.51. The molecule has 1 aliphatic heterocycles. The molecule has 0 bridgehead atoms. The van der Waals surface area contributed by atoms with E-state index in [1.165, 1.54) is 12.8 Å². The number of fused-ring (bicyclic) bond motifs is 1. The fourth-order valence-corrected chi connectivity index (χ4v) is 3.76. The van der Waals surface area contributed by atoms with Crippen LogP contribution in [-0.4, -0.2) is 39.5 Å². The van der Waals surface area contributed by atoms with E-state index in [0.29, 0.717) is 11.6 Å². The maximum atomic E-state index is 10.7. The van der Waals surface area contributed by atoms with Gasteiger partial charge in [-0.1, -0.05) is 12.8 Å². The maximum Gasteiger partial charge on any atom is 0.141 e. The van der Waals surface area contributed by atoms with E-state index in [4.69, 9.17) is 11.1 Å². The number of nitrogens with zero attached hydrogens (tertiary/aromatic N) is 2. The second-order valence-electron chi connectivity index (χ2n) is 6.49. The van der Waals surface area contributed by atoms with Crippen molar-refractivity contribution in [2.24, 2.45) is 11.7 Å². The first-order chi connectivity index (χ1) is 10.1. The number of hydrogen-bond acceptors (Lipinski definition) is 4. The highest BCUT2D eigenvalue weighted by atomic mass is 16.3. The number of nitrogens with one attached hydrogen (secondary N) is 1. The Hall–Kier alpha value is -1.46. The standard InChI is InChI=1S/C16H24N4O/c17-15(18)14-9-12(4-7-19-14)10-20-8-6-16(21)5-2-1-3-13(16)11-20/h4,7,9,13,21H,1-3,5-6,8,10-11H2,(H3,17,18). The molecule has 0 spiro atoms. The molecule has 1 aromatic heterocycles. The zero-order valence-corrected chi connectivity index (χ0v) is 12.4. The number of aliphatic hydroxyl groups is 1. The van der Waals surface area contributed by atoms with Gasteiger partial charge in [0.2, 0.25) is 0 Å². The maximum absolute atomic E-state index is 10.7. The zero-order valence-electron chi connectivity index (χ0n) is 12.4. The lowest BCUT2D eigenvalue weighted by atomic mass is 9.71. The van der Waals surface area contributed by atoms with Gasteiger partial charge in [-0.25, -0.2) is 0 Å². The topological polar surface area (TPSA) is 86.2 Å². The Morgan fingerprint density at radius 2 is 2.33 bits per heavy atom. The summed E-state index contributed by atoms with van der Waals surface area (Å²) in [7, 11) is 0. The van der Waals surface area contributed by atoms with Crippen molar-refractivity contribution in [3.8, 4) is 0 Å². The van der Waals surface area contributed by atoms with E-state index in [0.717, 1.165) is 44.5 Å². The Morgan fingerprint density at radius 1 is 1.48 bits per heavy atom. The molecule has 3 rings (SSSR count). The average Bonchev–Trinajstić information content (AvgIpc) is 2.48. The molecule has 0 amide bonds. The van der Waals surface area contributed by atoms with Gasteiger partial charge in [0.05, 0.1) is 5.60 Å². The van der Waals surface area contributed by atoms with E-state index in [2.05, 4.69) is 9.88 Å². The van der Waals surface area contributed by atoms with Crippen LogP contribution in [0, 0.1) is 11.3 Å². The van der Waals surface area contributed by atoms with Gasteiger partial charge in [-0.15, -0.1) is 0 Å². The van der Waals surface area contributed by atoms with Gasteiger partial charge in [0.15, 0.2) is 0 Å². The van der Waals surface area contributed by atoms with Gasteiger partial charge < -0.3 is 10.8 Å². The van der Waals surface area contributed by atoms with E-state index in [1.54, 1.807) is 6.20 Å². The minimum atomic E-state index is -0.419. The zero-order chi connectivity index (χ0) is 14.9. The van der Waals surface area contributed by atoms with E-state index in [1.807, 2.05) is 12.1 Å². The van der Waals surface area contributed by atoms with Crippen molar-refractivity contribution in [2.75, 3.05) is 13.1 Å². The van der Waals surface area contributed by atoms with Crippen LogP contribution in [0.3, 0.4) is 0 Å². The Labute approximate surface area is 125 Å². The minimum Gasteiger partial charge on any atom is -0.390 e. The van der Waals surface area contributed by atoms with Gasteiger partial charge in [-0.2, -0.15) is 0 Å². The first-order valence-corrected chi connectivity index (χ1v) is 7.81. The largest absolute Gasteiger partial charge is 0.390 e.